The fourth-order valence-electron chi connectivity index (χ4n) is 2.20. The Morgan fingerprint density at radius 2 is 2.24 bits per heavy atom. The van der Waals surface area contributed by atoms with Crippen LogP contribution in [-0.2, 0) is 16.0 Å². The van der Waals surface area contributed by atoms with Gasteiger partial charge in [-0.2, -0.15) is 0 Å². The summed E-state index contributed by atoms with van der Waals surface area (Å²) in [6, 6.07) is 0. The minimum atomic E-state index is -0.288. The van der Waals surface area contributed by atoms with Crippen molar-refractivity contribution in [3.05, 3.63) is 23.4 Å². The summed E-state index contributed by atoms with van der Waals surface area (Å²) in [5.41, 5.74) is 2.47. The number of hydrogen-bond acceptors (Lipinski definition) is 4. The highest BCUT2D eigenvalue weighted by Gasteiger charge is 2.28. The van der Waals surface area contributed by atoms with Crippen LogP contribution < -0.4 is 5.32 Å². The minimum absolute atomic E-state index is 0.142. The Morgan fingerprint density at radius 3 is 2.81 bits per heavy atom. The number of esters is 1. The Labute approximate surface area is 128 Å². The molecule has 21 heavy (non-hydrogen) atoms. The van der Waals surface area contributed by atoms with Crippen LogP contribution in [0.4, 0.5) is 0 Å². The molecule has 5 nitrogen and oxygen atoms in total. The first-order valence-electron chi connectivity index (χ1n) is 6.98. The number of hydrogen-bond donors (Lipinski definition) is 1. The summed E-state index contributed by atoms with van der Waals surface area (Å²) in [4.78, 5) is 23.8. The summed E-state index contributed by atoms with van der Waals surface area (Å²) < 4.78 is 7.26. The summed E-state index contributed by atoms with van der Waals surface area (Å²) >= 11 is 1.56. The van der Waals surface area contributed by atoms with Gasteiger partial charge in [0.1, 0.15) is 0 Å². The summed E-state index contributed by atoms with van der Waals surface area (Å²) in [6.07, 6.45) is 4.10. The summed E-state index contributed by atoms with van der Waals surface area (Å²) in [5.74, 6) is 0.245. The number of likely N-dealkylation sites (N-methyl/N-ethyl adjacent to an activating group) is 1. The molecule has 0 atom stereocenters. The van der Waals surface area contributed by atoms with E-state index in [0.29, 0.717) is 11.3 Å². The van der Waals surface area contributed by atoms with Gasteiger partial charge in [-0.3, -0.25) is 4.79 Å². The van der Waals surface area contributed by atoms with Gasteiger partial charge >= 0.3 is 5.97 Å². The zero-order chi connectivity index (χ0) is 15.6. The molecule has 0 aromatic carbocycles. The van der Waals surface area contributed by atoms with Crippen molar-refractivity contribution in [3.8, 4) is 0 Å². The molecular formula is C15H20N2O3S. The van der Waals surface area contributed by atoms with Crippen LogP contribution >= 0.6 is 11.8 Å². The Hall–Kier alpha value is -1.69. The molecule has 0 spiro atoms. The molecule has 1 aliphatic rings. The van der Waals surface area contributed by atoms with Gasteiger partial charge in [0.15, 0.2) is 0 Å². The standard InChI is InChI=1S/C15H20N2O3S/c1-5-10-7-17-11(6-12(18)16-4)8-21-14(17)13(10)15(19)20-9(2)3/h6-7,9H,5,8H2,1-4H3,(H,16,18). The van der Waals surface area contributed by atoms with Gasteiger partial charge < -0.3 is 14.6 Å². The molecule has 0 saturated carbocycles. The first kappa shape index (κ1) is 15.7. The normalized spacial score (nSPS) is 15.4. The summed E-state index contributed by atoms with van der Waals surface area (Å²) in [5, 5.41) is 3.45. The fraction of sp³-hybridized carbons (Fsp3) is 0.467. The zero-order valence-corrected chi connectivity index (χ0v) is 13.5. The number of aromatic nitrogens is 1. The summed E-state index contributed by atoms with van der Waals surface area (Å²) in [6.45, 7) is 5.68. The zero-order valence-electron chi connectivity index (χ0n) is 12.7. The molecule has 1 aromatic heterocycles. The highest BCUT2D eigenvalue weighted by molar-refractivity contribution is 8.00. The lowest BCUT2D eigenvalue weighted by Gasteiger charge is -2.09. The van der Waals surface area contributed by atoms with Crippen LogP contribution in [0.1, 0.15) is 36.7 Å². The largest absolute Gasteiger partial charge is 0.459 e. The maximum Gasteiger partial charge on any atom is 0.341 e. The topological polar surface area (TPSA) is 60.3 Å². The van der Waals surface area contributed by atoms with Crippen LogP contribution in [0.3, 0.4) is 0 Å². The van der Waals surface area contributed by atoms with E-state index in [4.69, 9.17) is 4.74 Å². The Bertz CT molecular complexity index is 602. The highest BCUT2D eigenvalue weighted by Crippen LogP contribution is 2.39. The SMILES string of the molecule is CCc1cn2c(c1C(=O)OC(C)C)SCC2=CC(=O)NC. The Morgan fingerprint density at radius 1 is 1.52 bits per heavy atom. The van der Waals surface area contributed by atoms with Crippen molar-refractivity contribution in [2.75, 3.05) is 12.8 Å². The lowest BCUT2D eigenvalue weighted by molar-refractivity contribution is -0.116. The number of aryl methyl sites for hydroxylation is 1. The molecule has 0 saturated heterocycles. The number of carbonyl (C=O) groups excluding carboxylic acids is 2. The molecule has 1 N–H and O–H groups in total. The monoisotopic (exact) mass is 308 g/mol. The number of thioether (sulfide) groups is 1. The van der Waals surface area contributed by atoms with E-state index >= 15 is 0 Å². The number of amides is 1. The van der Waals surface area contributed by atoms with E-state index in [2.05, 4.69) is 5.32 Å². The van der Waals surface area contributed by atoms with Crippen LogP contribution in [0.15, 0.2) is 17.3 Å². The van der Waals surface area contributed by atoms with Crippen LogP contribution in [-0.4, -0.2) is 35.3 Å². The lowest BCUT2D eigenvalue weighted by Crippen LogP contribution is -2.15. The van der Waals surface area contributed by atoms with Crippen molar-refractivity contribution < 1.29 is 14.3 Å². The molecule has 114 valence electrons. The van der Waals surface area contributed by atoms with E-state index in [9.17, 15) is 9.59 Å². The van der Waals surface area contributed by atoms with Crippen molar-refractivity contribution in [1.29, 1.82) is 0 Å². The van der Waals surface area contributed by atoms with Gasteiger partial charge in [-0.15, -0.1) is 11.8 Å². The fourth-order valence-corrected chi connectivity index (χ4v) is 3.37. The van der Waals surface area contributed by atoms with Gasteiger partial charge in [0.25, 0.3) is 0 Å². The molecule has 0 aliphatic carbocycles. The minimum Gasteiger partial charge on any atom is -0.459 e. The molecule has 0 fully saturated rings. The number of nitrogens with zero attached hydrogens (tertiary/aromatic N) is 1. The van der Waals surface area contributed by atoms with Crippen LogP contribution in [0, 0.1) is 0 Å². The van der Waals surface area contributed by atoms with Gasteiger partial charge in [0, 0.05) is 30.8 Å². The predicted molar refractivity (Wildman–Crippen MR) is 83.4 cm³/mol. The van der Waals surface area contributed by atoms with E-state index < -0.39 is 0 Å². The molecular weight excluding hydrogens is 288 g/mol. The maximum absolute atomic E-state index is 12.3. The Balaban J connectivity index is 2.42. The molecule has 1 amide bonds. The van der Waals surface area contributed by atoms with E-state index in [-0.39, 0.29) is 18.0 Å². The van der Waals surface area contributed by atoms with Crippen molar-refractivity contribution in [2.45, 2.75) is 38.3 Å². The molecule has 1 aliphatic heterocycles. The average molecular weight is 308 g/mol. The molecule has 6 heteroatoms. The first-order chi connectivity index (χ1) is 9.97. The molecule has 2 rings (SSSR count). The van der Waals surface area contributed by atoms with Crippen LogP contribution in [0.2, 0.25) is 0 Å². The van der Waals surface area contributed by atoms with Gasteiger partial charge in [0.05, 0.1) is 16.7 Å². The second-order valence-corrected chi connectivity index (χ2v) is 6.01. The number of rotatable bonds is 4. The number of fused-ring (bicyclic) bond motifs is 1. The first-order valence-corrected chi connectivity index (χ1v) is 7.97. The third kappa shape index (κ3) is 3.15. The molecule has 2 heterocycles. The second kappa shape index (κ2) is 6.39. The van der Waals surface area contributed by atoms with Crippen LogP contribution in [0.5, 0.6) is 0 Å². The quantitative estimate of drug-likeness (QED) is 0.685. The molecule has 0 radical (unpaired) electrons. The van der Waals surface area contributed by atoms with E-state index in [1.165, 1.54) is 0 Å². The van der Waals surface area contributed by atoms with E-state index in [1.807, 2.05) is 31.5 Å². The smallest absolute Gasteiger partial charge is 0.341 e. The maximum atomic E-state index is 12.3. The van der Waals surface area contributed by atoms with Gasteiger partial charge in [0.2, 0.25) is 5.91 Å². The molecule has 1 aromatic rings. The Kier molecular flexibility index (Phi) is 4.77. The third-order valence-corrected chi connectivity index (χ3v) is 4.29. The average Bonchev–Trinajstić information content (AvgIpc) is 2.97. The van der Waals surface area contributed by atoms with Crippen molar-refractivity contribution >= 4 is 29.3 Å². The predicted octanol–water partition coefficient (Wildman–Crippen LogP) is 2.31. The van der Waals surface area contributed by atoms with Gasteiger partial charge in [-0.1, -0.05) is 6.92 Å². The van der Waals surface area contributed by atoms with Crippen molar-refractivity contribution in [2.24, 2.45) is 0 Å². The number of nitrogens with one attached hydrogen (secondary N) is 1. The second-order valence-electron chi connectivity index (χ2n) is 5.05. The van der Waals surface area contributed by atoms with Crippen molar-refractivity contribution in [1.82, 2.24) is 9.88 Å². The highest BCUT2D eigenvalue weighted by atomic mass is 32.2. The molecule has 0 bridgehead atoms. The number of carbonyl (C=O) groups is 2. The van der Waals surface area contributed by atoms with E-state index in [0.717, 1.165) is 22.7 Å². The lowest BCUT2D eigenvalue weighted by atomic mass is 10.1. The third-order valence-electron chi connectivity index (χ3n) is 3.18. The van der Waals surface area contributed by atoms with Gasteiger partial charge in [-0.25, -0.2) is 4.79 Å². The summed E-state index contributed by atoms with van der Waals surface area (Å²) in [7, 11) is 1.60. The van der Waals surface area contributed by atoms with Crippen LogP contribution in [0.25, 0.3) is 5.70 Å². The van der Waals surface area contributed by atoms with Gasteiger partial charge in [-0.05, 0) is 25.8 Å². The molecule has 0 unspecified atom stereocenters. The van der Waals surface area contributed by atoms with E-state index in [1.54, 1.807) is 24.9 Å². The number of ether oxygens (including phenoxy) is 1. The van der Waals surface area contributed by atoms with Crippen molar-refractivity contribution in [3.63, 3.8) is 0 Å².